The number of carbonyl (C=O) groups excluding carboxylic acids is 1. The van der Waals surface area contributed by atoms with Crippen LogP contribution in [0.5, 0.6) is 0 Å². The largest absolute Gasteiger partial charge is 0.462 e. The van der Waals surface area contributed by atoms with Gasteiger partial charge in [0.2, 0.25) is 0 Å². The molecule has 0 heterocycles. The van der Waals surface area contributed by atoms with Crippen molar-refractivity contribution in [1.29, 1.82) is 0 Å². The third-order valence-corrected chi connectivity index (χ3v) is 5.00. The molecule has 0 aromatic carbocycles. The average Bonchev–Trinajstić information content (AvgIpc) is 2.27. The molecule has 1 rings (SSSR count). The quantitative estimate of drug-likeness (QED) is 0.672. The maximum Gasteiger partial charge on any atom is 0.308 e. The molecular weight excluding hydrogens is 200 g/mol. The van der Waals surface area contributed by atoms with Crippen LogP contribution in [0.1, 0.15) is 54.9 Å². The highest BCUT2D eigenvalue weighted by Gasteiger charge is 2.54. The molecule has 1 saturated carbocycles. The fourth-order valence-corrected chi connectivity index (χ4v) is 2.43. The second kappa shape index (κ2) is 4.05. The third-order valence-electron chi connectivity index (χ3n) is 5.00. The van der Waals surface area contributed by atoms with Gasteiger partial charge in [0, 0.05) is 5.41 Å². The number of carbonyl (C=O) groups is 1. The molecule has 0 unspecified atom stereocenters. The summed E-state index contributed by atoms with van der Waals surface area (Å²) in [6, 6.07) is 0. The standard InChI is InChI=1S/C14H26O2/c1-9(2)12(15)16-11-8-10(3)13(4,5)14(11,6)7/h9-11H,8H2,1-7H3/t10-,11+/m0/s1. The van der Waals surface area contributed by atoms with E-state index in [9.17, 15) is 4.79 Å². The molecule has 94 valence electrons. The van der Waals surface area contributed by atoms with Crippen LogP contribution >= 0.6 is 0 Å². The molecule has 0 bridgehead atoms. The maximum absolute atomic E-state index is 11.7. The summed E-state index contributed by atoms with van der Waals surface area (Å²) in [7, 11) is 0. The highest BCUT2D eigenvalue weighted by Crippen LogP contribution is 2.56. The Morgan fingerprint density at radius 2 is 1.69 bits per heavy atom. The van der Waals surface area contributed by atoms with Crippen molar-refractivity contribution in [3.05, 3.63) is 0 Å². The molecule has 0 aromatic rings. The Bertz CT molecular complexity index is 276. The minimum atomic E-state index is -0.0667. The molecule has 0 saturated heterocycles. The van der Waals surface area contributed by atoms with Crippen LogP contribution in [-0.4, -0.2) is 12.1 Å². The van der Waals surface area contributed by atoms with Gasteiger partial charge in [0.15, 0.2) is 0 Å². The molecule has 0 aromatic heterocycles. The highest BCUT2D eigenvalue weighted by atomic mass is 16.5. The topological polar surface area (TPSA) is 26.3 Å². The fraction of sp³-hybridized carbons (Fsp3) is 0.929. The van der Waals surface area contributed by atoms with Crippen molar-refractivity contribution in [1.82, 2.24) is 0 Å². The summed E-state index contributed by atoms with van der Waals surface area (Å²) in [5, 5.41) is 0. The van der Waals surface area contributed by atoms with E-state index in [1.165, 1.54) is 0 Å². The second-order valence-corrected chi connectivity index (χ2v) is 6.66. The Labute approximate surface area is 99.8 Å². The van der Waals surface area contributed by atoms with Crippen LogP contribution in [0.3, 0.4) is 0 Å². The molecule has 0 aliphatic heterocycles. The van der Waals surface area contributed by atoms with Gasteiger partial charge >= 0.3 is 5.97 Å². The van der Waals surface area contributed by atoms with Gasteiger partial charge < -0.3 is 4.74 Å². The molecule has 0 spiro atoms. The molecule has 0 radical (unpaired) electrons. The van der Waals surface area contributed by atoms with E-state index < -0.39 is 0 Å². The van der Waals surface area contributed by atoms with Crippen LogP contribution < -0.4 is 0 Å². The number of hydrogen-bond acceptors (Lipinski definition) is 2. The van der Waals surface area contributed by atoms with Crippen molar-refractivity contribution >= 4 is 5.97 Å². The highest BCUT2D eigenvalue weighted by molar-refractivity contribution is 5.71. The molecule has 1 fully saturated rings. The van der Waals surface area contributed by atoms with Crippen molar-refractivity contribution in [3.63, 3.8) is 0 Å². The van der Waals surface area contributed by atoms with Crippen LogP contribution in [0.4, 0.5) is 0 Å². The summed E-state index contributed by atoms with van der Waals surface area (Å²) in [5.74, 6) is 0.491. The van der Waals surface area contributed by atoms with E-state index in [2.05, 4.69) is 34.6 Å². The minimum absolute atomic E-state index is 0.0326. The van der Waals surface area contributed by atoms with Crippen LogP contribution in [0.15, 0.2) is 0 Å². The summed E-state index contributed by atoms with van der Waals surface area (Å²) in [6.07, 6.45) is 1.05. The molecule has 0 amide bonds. The first-order chi connectivity index (χ1) is 7.10. The van der Waals surface area contributed by atoms with E-state index in [1.807, 2.05) is 13.8 Å². The molecule has 2 nitrogen and oxygen atoms in total. The first kappa shape index (κ1) is 13.5. The second-order valence-electron chi connectivity index (χ2n) is 6.66. The van der Waals surface area contributed by atoms with E-state index in [-0.39, 0.29) is 28.8 Å². The van der Waals surface area contributed by atoms with Gasteiger partial charge in [0.05, 0.1) is 5.92 Å². The zero-order valence-electron chi connectivity index (χ0n) is 11.8. The number of hydrogen-bond donors (Lipinski definition) is 0. The fourth-order valence-electron chi connectivity index (χ4n) is 2.43. The molecule has 2 atom stereocenters. The van der Waals surface area contributed by atoms with E-state index in [4.69, 9.17) is 4.74 Å². The van der Waals surface area contributed by atoms with Crippen LogP contribution in [-0.2, 0) is 9.53 Å². The Morgan fingerprint density at radius 3 is 2.00 bits per heavy atom. The van der Waals surface area contributed by atoms with E-state index >= 15 is 0 Å². The zero-order chi connectivity index (χ0) is 12.7. The van der Waals surface area contributed by atoms with Gasteiger partial charge in [0.25, 0.3) is 0 Å². The summed E-state index contributed by atoms with van der Waals surface area (Å²) < 4.78 is 5.66. The van der Waals surface area contributed by atoms with Gasteiger partial charge in [0.1, 0.15) is 6.10 Å². The van der Waals surface area contributed by atoms with Gasteiger partial charge in [-0.3, -0.25) is 4.79 Å². The molecular formula is C14H26O2. The lowest BCUT2D eigenvalue weighted by atomic mass is 9.67. The lowest BCUT2D eigenvalue weighted by molar-refractivity contribution is -0.159. The summed E-state index contributed by atoms with van der Waals surface area (Å²) in [5.41, 5.74) is 0.270. The van der Waals surface area contributed by atoms with E-state index in [0.29, 0.717) is 5.92 Å². The SMILES string of the molecule is CC(C)C(=O)O[C@@H]1C[C@H](C)C(C)(C)C1(C)C. The predicted molar refractivity (Wildman–Crippen MR) is 66.1 cm³/mol. The van der Waals surface area contributed by atoms with Gasteiger partial charge in [-0.05, 0) is 17.8 Å². The number of ether oxygens (including phenoxy) is 1. The van der Waals surface area contributed by atoms with Crippen LogP contribution in [0, 0.1) is 22.7 Å². The smallest absolute Gasteiger partial charge is 0.308 e. The monoisotopic (exact) mass is 226 g/mol. The van der Waals surface area contributed by atoms with Gasteiger partial charge in [-0.15, -0.1) is 0 Å². The Balaban J connectivity index is 2.82. The first-order valence-electron chi connectivity index (χ1n) is 6.31. The minimum Gasteiger partial charge on any atom is -0.462 e. The summed E-state index contributed by atoms with van der Waals surface area (Å²) in [6.45, 7) is 15.0. The molecule has 16 heavy (non-hydrogen) atoms. The molecule has 1 aliphatic rings. The van der Waals surface area contributed by atoms with E-state index in [1.54, 1.807) is 0 Å². The Morgan fingerprint density at radius 1 is 1.19 bits per heavy atom. The zero-order valence-corrected chi connectivity index (χ0v) is 11.8. The van der Waals surface area contributed by atoms with Crippen molar-refractivity contribution in [3.8, 4) is 0 Å². The van der Waals surface area contributed by atoms with Crippen molar-refractivity contribution in [2.24, 2.45) is 22.7 Å². The lowest BCUT2D eigenvalue weighted by Gasteiger charge is -2.40. The molecule has 1 aliphatic carbocycles. The molecule has 0 N–H and O–H groups in total. The van der Waals surface area contributed by atoms with Crippen LogP contribution in [0.2, 0.25) is 0 Å². The Kier molecular flexibility index (Phi) is 3.42. The molecule has 2 heteroatoms. The van der Waals surface area contributed by atoms with Crippen molar-refractivity contribution in [2.75, 3.05) is 0 Å². The summed E-state index contributed by atoms with van der Waals surface area (Å²) >= 11 is 0. The van der Waals surface area contributed by atoms with Crippen molar-refractivity contribution < 1.29 is 9.53 Å². The van der Waals surface area contributed by atoms with Crippen LogP contribution in [0.25, 0.3) is 0 Å². The Hall–Kier alpha value is -0.530. The normalized spacial score (nSPS) is 31.8. The maximum atomic E-state index is 11.7. The van der Waals surface area contributed by atoms with Gasteiger partial charge in [-0.25, -0.2) is 0 Å². The predicted octanol–water partition coefficient (Wildman–Crippen LogP) is 3.65. The van der Waals surface area contributed by atoms with E-state index in [0.717, 1.165) is 6.42 Å². The third kappa shape index (κ3) is 1.99. The number of rotatable bonds is 2. The first-order valence-corrected chi connectivity index (χ1v) is 6.31. The lowest BCUT2D eigenvalue weighted by Crippen LogP contribution is -2.39. The summed E-state index contributed by atoms with van der Waals surface area (Å²) in [4.78, 5) is 11.7. The number of esters is 1. The van der Waals surface area contributed by atoms with Crippen molar-refractivity contribution in [2.45, 2.75) is 61.0 Å². The van der Waals surface area contributed by atoms with Gasteiger partial charge in [-0.1, -0.05) is 48.5 Å². The van der Waals surface area contributed by atoms with Gasteiger partial charge in [-0.2, -0.15) is 0 Å². The average molecular weight is 226 g/mol.